The summed E-state index contributed by atoms with van der Waals surface area (Å²) >= 11 is 12.1. The van der Waals surface area contributed by atoms with Crippen LogP contribution < -0.4 is 14.7 Å². The number of carbonyl (C=O) groups excluding carboxylic acids is 2. The van der Waals surface area contributed by atoms with Crippen LogP contribution in [0, 0.1) is 5.82 Å². The quantitative estimate of drug-likeness (QED) is 0.770. The Morgan fingerprint density at radius 2 is 1.57 bits per heavy atom. The lowest BCUT2D eigenvalue weighted by Gasteiger charge is -2.35. The van der Waals surface area contributed by atoms with Gasteiger partial charge in [-0.1, -0.05) is 23.2 Å². The second-order valence-corrected chi connectivity index (χ2v) is 7.86. The molecule has 146 valence electrons. The highest BCUT2D eigenvalue weighted by molar-refractivity contribution is 6.42. The molecule has 0 radical (unpaired) electrons. The third kappa shape index (κ3) is 3.60. The average Bonchev–Trinajstić information content (AvgIpc) is 2.99. The Kier molecular flexibility index (Phi) is 5.27. The summed E-state index contributed by atoms with van der Waals surface area (Å²) in [6.07, 6.45) is 0.179. The Balaban J connectivity index is 1.43. The van der Waals surface area contributed by atoms with E-state index in [0.717, 1.165) is 36.8 Å². The number of amides is 2. The zero-order chi connectivity index (χ0) is 19.8. The van der Waals surface area contributed by atoms with Gasteiger partial charge in [-0.15, -0.1) is 0 Å². The molecule has 2 aromatic carbocycles. The maximum absolute atomic E-state index is 13.1. The summed E-state index contributed by atoms with van der Waals surface area (Å²) in [7, 11) is 0. The van der Waals surface area contributed by atoms with E-state index in [0.29, 0.717) is 15.7 Å². The zero-order valence-electron chi connectivity index (χ0n) is 15.0. The van der Waals surface area contributed by atoms with Crippen LogP contribution in [0.2, 0.25) is 10.0 Å². The van der Waals surface area contributed by atoms with Crippen molar-refractivity contribution in [2.45, 2.75) is 12.5 Å². The van der Waals surface area contributed by atoms with Crippen molar-refractivity contribution in [3.05, 3.63) is 58.3 Å². The van der Waals surface area contributed by atoms with E-state index in [2.05, 4.69) is 4.90 Å². The predicted molar refractivity (Wildman–Crippen MR) is 107 cm³/mol. The Hall–Kier alpha value is -2.15. The molecule has 2 aromatic rings. The highest BCUT2D eigenvalue weighted by Gasteiger charge is 2.46. The normalized spacial score (nSPS) is 20.9. The first-order chi connectivity index (χ1) is 13.4. The number of rotatable bonds is 3. The molecule has 2 fully saturated rings. The lowest BCUT2D eigenvalue weighted by Crippen LogP contribution is -3.19. The molecule has 2 amide bonds. The Morgan fingerprint density at radius 3 is 2.21 bits per heavy atom. The molecular formula is C20H19Cl2FN3O2+. The molecule has 4 rings (SSSR count). The lowest BCUT2D eigenvalue weighted by molar-refractivity contribution is -0.915. The van der Waals surface area contributed by atoms with Gasteiger partial charge >= 0.3 is 0 Å². The molecule has 1 atom stereocenters. The average molecular weight is 423 g/mol. The highest BCUT2D eigenvalue weighted by Crippen LogP contribution is 2.27. The Morgan fingerprint density at radius 1 is 0.929 bits per heavy atom. The summed E-state index contributed by atoms with van der Waals surface area (Å²) in [4.78, 5) is 29.8. The fourth-order valence-electron chi connectivity index (χ4n) is 3.89. The van der Waals surface area contributed by atoms with Crippen molar-refractivity contribution in [2.24, 2.45) is 0 Å². The molecule has 28 heavy (non-hydrogen) atoms. The van der Waals surface area contributed by atoms with Gasteiger partial charge in [-0.2, -0.15) is 0 Å². The van der Waals surface area contributed by atoms with Crippen molar-refractivity contribution >= 4 is 46.4 Å². The Labute approximate surface area is 172 Å². The fourth-order valence-corrected chi connectivity index (χ4v) is 4.19. The number of carbonyl (C=O) groups is 2. The Bertz CT molecular complexity index is 914. The number of halogens is 3. The van der Waals surface area contributed by atoms with Gasteiger partial charge in [0.25, 0.3) is 5.91 Å². The molecule has 0 unspecified atom stereocenters. The number of nitrogens with zero attached hydrogens (tertiary/aromatic N) is 2. The maximum Gasteiger partial charge on any atom is 0.292 e. The van der Waals surface area contributed by atoms with Gasteiger partial charge in [0, 0.05) is 5.69 Å². The van der Waals surface area contributed by atoms with Crippen LogP contribution in [0.5, 0.6) is 0 Å². The summed E-state index contributed by atoms with van der Waals surface area (Å²) in [6, 6.07) is 10.6. The predicted octanol–water partition coefficient (Wildman–Crippen LogP) is 2.17. The molecule has 1 N–H and O–H groups in total. The van der Waals surface area contributed by atoms with Crippen LogP contribution in [0.3, 0.4) is 0 Å². The number of anilines is 2. The van der Waals surface area contributed by atoms with Gasteiger partial charge in [-0.3, -0.25) is 9.59 Å². The van der Waals surface area contributed by atoms with Crippen LogP contribution in [0.4, 0.5) is 15.8 Å². The maximum atomic E-state index is 13.1. The first-order valence-corrected chi connectivity index (χ1v) is 9.86. The summed E-state index contributed by atoms with van der Waals surface area (Å²) < 4.78 is 13.1. The summed E-state index contributed by atoms with van der Waals surface area (Å²) in [6.45, 7) is 2.98. The third-order valence-corrected chi connectivity index (χ3v) is 6.14. The van der Waals surface area contributed by atoms with Crippen LogP contribution >= 0.6 is 23.2 Å². The molecule has 0 aromatic heterocycles. The molecule has 5 nitrogen and oxygen atoms in total. The molecule has 0 bridgehead atoms. The van der Waals surface area contributed by atoms with E-state index < -0.39 is 11.9 Å². The highest BCUT2D eigenvalue weighted by atomic mass is 35.5. The van der Waals surface area contributed by atoms with Crippen LogP contribution in [0.25, 0.3) is 0 Å². The molecule has 0 spiro atoms. The van der Waals surface area contributed by atoms with Crippen molar-refractivity contribution in [3.63, 3.8) is 0 Å². The van der Waals surface area contributed by atoms with Crippen molar-refractivity contribution in [1.82, 2.24) is 0 Å². The number of benzene rings is 2. The number of imide groups is 1. The van der Waals surface area contributed by atoms with Crippen LogP contribution in [0.15, 0.2) is 42.5 Å². The largest absolute Gasteiger partial charge is 0.360 e. The van der Waals surface area contributed by atoms with E-state index in [9.17, 15) is 14.0 Å². The lowest BCUT2D eigenvalue weighted by atomic mass is 10.1. The van der Waals surface area contributed by atoms with Crippen molar-refractivity contribution in [2.75, 3.05) is 36.0 Å². The molecule has 2 aliphatic heterocycles. The summed E-state index contributed by atoms with van der Waals surface area (Å²) in [5, 5.41) is 1.03. The van der Waals surface area contributed by atoms with E-state index >= 15 is 0 Å². The second-order valence-electron chi connectivity index (χ2n) is 7.04. The number of hydrogen-bond donors (Lipinski definition) is 1. The molecule has 2 heterocycles. The second kappa shape index (κ2) is 7.70. The smallest absolute Gasteiger partial charge is 0.292 e. The van der Waals surface area contributed by atoms with Crippen LogP contribution in [-0.2, 0) is 9.59 Å². The summed E-state index contributed by atoms with van der Waals surface area (Å²) in [5.74, 6) is -0.848. The fraction of sp³-hybridized carbons (Fsp3) is 0.300. The molecule has 2 saturated heterocycles. The van der Waals surface area contributed by atoms with Gasteiger partial charge < -0.3 is 9.80 Å². The van der Waals surface area contributed by atoms with E-state index in [1.165, 1.54) is 29.2 Å². The first kappa shape index (κ1) is 19.2. The molecular weight excluding hydrogens is 404 g/mol. The van der Waals surface area contributed by atoms with Gasteiger partial charge in [-0.05, 0) is 42.5 Å². The van der Waals surface area contributed by atoms with Gasteiger partial charge in [-0.25, -0.2) is 9.29 Å². The van der Waals surface area contributed by atoms with Crippen LogP contribution in [0.1, 0.15) is 6.42 Å². The number of quaternary nitrogens is 1. The minimum atomic E-state index is -0.400. The van der Waals surface area contributed by atoms with Crippen molar-refractivity contribution < 1.29 is 18.9 Å². The van der Waals surface area contributed by atoms with Crippen molar-refractivity contribution in [1.29, 1.82) is 0 Å². The van der Waals surface area contributed by atoms with E-state index in [1.54, 1.807) is 6.07 Å². The molecule has 8 heteroatoms. The molecule has 0 saturated carbocycles. The topological polar surface area (TPSA) is 45.1 Å². The SMILES string of the molecule is O=C1C[C@@H]([NH+]2CCN(c3ccc(Cl)c(Cl)c3)CC2)C(=O)N1c1ccc(F)cc1. The van der Waals surface area contributed by atoms with Gasteiger partial charge in [0.05, 0.1) is 48.3 Å². The number of nitrogens with one attached hydrogen (secondary N) is 1. The molecule has 2 aliphatic rings. The summed E-state index contributed by atoms with van der Waals surface area (Å²) in [5.41, 5.74) is 1.42. The monoisotopic (exact) mass is 422 g/mol. The third-order valence-electron chi connectivity index (χ3n) is 5.40. The van der Waals surface area contributed by atoms with E-state index in [4.69, 9.17) is 23.2 Å². The minimum Gasteiger partial charge on any atom is -0.360 e. The number of hydrogen-bond acceptors (Lipinski definition) is 3. The van der Waals surface area contributed by atoms with Crippen molar-refractivity contribution in [3.8, 4) is 0 Å². The van der Waals surface area contributed by atoms with Gasteiger partial charge in [0.1, 0.15) is 5.82 Å². The van der Waals surface area contributed by atoms with E-state index in [-0.39, 0.29) is 18.2 Å². The number of piperazine rings is 1. The standard InChI is InChI=1S/C20H18Cl2FN3O2/c21-16-6-5-15(11-17(16)22)24-7-9-25(10-8-24)18-12-19(27)26(20(18)28)14-3-1-13(23)2-4-14/h1-6,11,18H,7-10,12H2/p+1/t18-/m1/s1. The van der Waals surface area contributed by atoms with Gasteiger partial charge in [0.2, 0.25) is 5.91 Å². The first-order valence-electron chi connectivity index (χ1n) is 9.11. The van der Waals surface area contributed by atoms with Gasteiger partial charge in [0.15, 0.2) is 6.04 Å². The van der Waals surface area contributed by atoms with Crippen LogP contribution in [-0.4, -0.2) is 44.0 Å². The molecule has 0 aliphatic carbocycles. The minimum absolute atomic E-state index is 0.179. The van der Waals surface area contributed by atoms with E-state index in [1.807, 2.05) is 12.1 Å². The zero-order valence-corrected chi connectivity index (χ0v) is 16.5.